The lowest BCUT2D eigenvalue weighted by atomic mass is 9.69. The molecule has 3 rings (SSSR count). The Labute approximate surface area is 135 Å². The van der Waals surface area contributed by atoms with Crippen LogP contribution in [-0.2, 0) is 0 Å². The molecule has 1 aromatic carbocycles. The number of aryl methyl sites for hydroxylation is 1. The van der Waals surface area contributed by atoms with E-state index < -0.39 is 0 Å². The number of halogens is 1. The molecule has 3 heteroatoms. The Hall–Kier alpha value is -0.830. The Morgan fingerprint density at radius 1 is 1.33 bits per heavy atom. The van der Waals surface area contributed by atoms with Crippen LogP contribution in [0.1, 0.15) is 56.0 Å². The van der Waals surface area contributed by atoms with Gasteiger partial charge < -0.3 is 5.32 Å². The molecular weight excluding hydrogens is 326 g/mol. The summed E-state index contributed by atoms with van der Waals surface area (Å²) < 4.78 is 0.912. The number of hydrogen-bond acceptors (Lipinski definition) is 1. The number of benzene rings is 1. The minimum Gasteiger partial charge on any atom is -0.349 e. The lowest BCUT2D eigenvalue weighted by Crippen LogP contribution is -2.46. The van der Waals surface area contributed by atoms with Crippen LogP contribution in [0.2, 0.25) is 0 Å². The van der Waals surface area contributed by atoms with Gasteiger partial charge in [-0.05, 0) is 70.5 Å². The first-order chi connectivity index (χ1) is 9.77. The second kappa shape index (κ2) is 4.84. The monoisotopic (exact) mass is 349 g/mol. The number of fused-ring (bicyclic) bond motifs is 2. The van der Waals surface area contributed by atoms with E-state index in [1.54, 1.807) is 0 Å². The first-order valence-corrected chi connectivity index (χ1v) is 8.62. The molecule has 0 spiro atoms. The van der Waals surface area contributed by atoms with Crippen molar-refractivity contribution in [3.05, 3.63) is 33.8 Å². The van der Waals surface area contributed by atoms with Crippen molar-refractivity contribution in [2.75, 3.05) is 0 Å². The molecule has 0 heterocycles. The topological polar surface area (TPSA) is 29.1 Å². The summed E-state index contributed by atoms with van der Waals surface area (Å²) >= 11 is 3.55. The van der Waals surface area contributed by atoms with Gasteiger partial charge in [0.05, 0.1) is 5.56 Å². The molecule has 2 saturated carbocycles. The zero-order chi connectivity index (χ0) is 15.4. The molecule has 2 bridgehead atoms. The second-order valence-electron chi connectivity index (χ2n) is 7.57. The maximum Gasteiger partial charge on any atom is 0.252 e. The number of hydrogen-bond donors (Lipinski definition) is 1. The zero-order valence-electron chi connectivity index (χ0n) is 13.3. The van der Waals surface area contributed by atoms with E-state index in [1.807, 2.05) is 25.1 Å². The molecular formula is C18H24BrNO. The fourth-order valence-corrected chi connectivity index (χ4v) is 4.93. The predicted octanol–water partition coefficient (Wildman–Crippen LogP) is 4.70. The highest BCUT2D eigenvalue weighted by Gasteiger charge is 2.61. The fourth-order valence-electron chi connectivity index (χ4n) is 4.48. The minimum atomic E-state index is 0.0557. The highest BCUT2D eigenvalue weighted by atomic mass is 79.9. The van der Waals surface area contributed by atoms with Crippen LogP contribution in [0.5, 0.6) is 0 Å². The summed E-state index contributed by atoms with van der Waals surface area (Å²) in [4.78, 5) is 12.7. The molecule has 3 unspecified atom stereocenters. The summed E-state index contributed by atoms with van der Waals surface area (Å²) in [5, 5.41) is 3.32. The lowest BCUT2D eigenvalue weighted by molar-refractivity contribution is 0.0825. The summed E-state index contributed by atoms with van der Waals surface area (Å²) in [6.45, 7) is 9.12. The molecule has 2 fully saturated rings. The van der Waals surface area contributed by atoms with Crippen molar-refractivity contribution in [1.29, 1.82) is 0 Å². The second-order valence-corrected chi connectivity index (χ2v) is 8.37. The van der Waals surface area contributed by atoms with Gasteiger partial charge in [-0.25, -0.2) is 0 Å². The zero-order valence-corrected chi connectivity index (χ0v) is 14.9. The third-order valence-electron chi connectivity index (χ3n) is 6.54. The maximum atomic E-state index is 12.7. The highest BCUT2D eigenvalue weighted by Crippen LogP contribution is 2.65. The van der Waals surface area contributed by atoms with E-state index in [-0.39, 0.29) is 11.3 Å². The molecule has 0 radical (unpaired) electrons. The van der Waals surface area contributed by atoms with Crippen LogP contribution in [0, 0.1) is 23.7 Å². The highest BCUT2D eigenvalue weighted by molar-refractivity contribution is 9.10. The molecule has 114 valence electrons. The standard InChI is InChI=1S/C18H24BrNO/c1-11-6-5-7-13(15(11)19)16(21)20-14-10-12-8-9-18(14,4)17(12,2)3/h5-7,12,14H,8-10H2,1-4H3,(H,20,21). The van der Waals surface area contributed by atoms with E-state index in [1.165, 1.54) is 12.8 Å². The van der Waals surface area contributed by atoms with Crippen LogP contribution in [0.15, 0.2) is 22.7 Å². The number of carbonyl (C=O) groups is 1. The Bertz CT molecular complexity index is 595. The smallest absolute Gasteiger partial charge is 0.252 e. The molecule has 2 nitrogen and oxygen atoms in total. The quantitative estimate of drug-likeness (QED) is 0.823. The Kier molecular flexibility index (Phi) is 3.47. The molecule has 2 aliphatic carbocycles. The molecule has 0 aromatic heterocycles. The summed E-state index contributed by atoms with van der Waals surface area (Å²) in [7, 11) is 0. The molecule has 0 aliphatic heterocycles. The summed E-state index contributed by atoms with van der Waals surface area (Å²) in [6.07, 6.45) is 3.66. The van der Waals surface area contributed by atoms with Crippen molar-refractivity contribution < 1.29 is 4.79 Å². The van der Waals surface area contributed by atoms with Crippen LogP contribution < -0.4 is 5.32 Å². The van der Waals surface area contributed by atoms with Gasteiger partial charge in [0, 0.05) is 10.5 Å². The number of nitrogens with one attached hydrogen (secondary N) is 1. The first-order valence-electron chi connectivity index (χ1n) is 7.83. The van der Waals surface area contributed by atoms with Gasteiger partial charge in [0.15, 0.2) is 0 Å². The van der Waals surface area contributed by atoms with E-state index >= 15 is 0 Å². The van der Waals surface area contributed by atoms with Gasteiger partial charge in [-0.1, -0.05) is 32.9 Å². The Morgan fingerprint density at radius 3 is 2.62 bits per heavy atom. The van der Waals surface area contributed by atoms with Crippen molar-refractivity contribution in [3.8, 4) is 0 Å². The van der Waals surface area contributed by atoms with Gasteiger partial charge in [-0.3, -0.25) is 4.79 Å². The third-order valence-corrected chi connectivity index (χ3v) is 7.59. The van der Waals surface area contributed by atoms with Crippen LogP contribution in [0.3, 0.4) is 0 Å². The average molecular weight is 350 g/mol. The molecule has 1 aromatic rings. The van der Waals surface area contributed by atoms with Crippen LogP contribution >= 0.6 is 15.9 Å². The van der Waals surface area contributed by atoms with E-state index in [2.05, 4.69) is 42.0 Å². The SMILES string of the molecule is Cc1cccc(C(=O)NC2CC3CCC2(C)C3(C)C)c1Br. The van der Waals surface area contributed by atoms with E-state index in [9.17, 15) is 4.79 Å². The molecule has 2 aliphatic rings. The van der Waals surface area contributed by atoms with Gasteiger partial charge in [0.1, 0.15) is 0 Å². The van der Waals surface area contributed by atoms with Gasteiger partial charge in [-0.15, -0.1) is 0 Å². The Balaban J connectivity index is 1.82. The number of amides is 1. The number of rotatable bonds is 2. The summed E-state index contributed by atoms with van der Waals surface area (Å²) in [5.41, 5.74) is 2.40. The largest absolute Gasteiger partial charge is 0.349 e. The van der Waals surface area contributed by atoms with Crippen LogP contribution in [0.4, 0.5) is 0 Å². The van der Waals surface area contributed by atoms with Crippen molar-refractivity contribution >= 4 is 21.8 Å². The minimum absolute atomic E-state index is 0.0557. The summed E-state index contributed by atoms with van der Waals surface area (Å²) in [6, 6.07) is 6.16. The van der Waals surface area contributed by atoms with Gasteiger partial charge in [0.25, 0.3) is 5.91 Å². The van der Waals surface area contributed by atoms with Crippen LogP contribution in [-0.4, -0.2) is 11.9 Å². The van der Waals surface area contributed by atoms with Crippen molar-refractivity contribution in [2.24, 2.45) is 16.7 Å². The molecule has 0 saturated heterocycles. The van der Waals surface area contributed by atoms with E-state index in [0.29, 0.717) is 11.5 Å². The molecule has 1 N–H and O–H groups in total. The van der Waals surface area contributed by atoms with Gasteiger partial charge in [-0.2, -0.15) is 0 Å². The Morgan fingerprint density at radius 2 is 2.05 bits per heavy atom. The van der Waals surface area contributed by atoms with Crippen LogP contribution in [0.25, 0.3) is 0 Å². The van der Waals surface area contributed by atoms with Gasteiger partial charge in [0.2, 0.25) is 0 Å². The number of carbonyl (C=O) groups excluding carboxylic acids is 1. The fraction of sp³-hybridized carbons (Fsp3) is 0.611. The molecule has 21 heavy (non-hydrogen) atoms. The normalized spacial score (nSPS) is 33.2. The molecule has 3 atom stereocenters. The average Bonchev–Trinajstić information content (AvgIpc) is 2.75. The van der Waals surface area contributed by atoms with Crippen molar-refractivity contribution in [1.82, 2.24) is 5.32 Å². The van der Waals surface area contributed by atoms with Gasteiger partial charge >= 0.3 is 0 Å². The predicted molar refractivity (Wildman–Crippen MR) is 89.4 cm³/mol. The van der Waals surface area contributed by atoms with E-state index in [0.717, 1.165) is 27.9 Å². The van der Waals surface area contributed by atoms with Crippen molar-refractivity contribution in [3.63, 3.8) is 0 Å². The van der Waals surface area contributed by atoms with Crippen molar-refractivity contribution in [2.45, 2.75) is 53.0 Å². The third kappa shape index (κ3) is 2.08. The molecule has 1 amide bonds. The lowest BCUT2D eigenvalue weighted by Gasteiger charge is -2.39. The summed E-state index contributed by atoms with van der Waals surface area (Å²) in [5.74, 6) is 0.800. The van der Waals surface area contributed by atoms with E-state index in [4.69, 9.17) is 0 Å². The maximum absolute atomic E-state index is 12.7. The first kappa shape index (κ1) is 15.1.